The predicted molar refractivity (Wildman–Crippen MR) is 85.5 cm³/mol. The highest BCUT2D eigenvalue weighted by Gasteiger charge is 2.34. The average molecular weight is 297 g/mol. The van der Waals surface area contributed by atoms with E-state index in [9.17, 15) is 0 Å². The molecule has 20 heavy (non-hydrogen) atoms. The van der Waals surface area contributed by atoms with E-state index in [-0.39, 0.29) is 0 Å². The molecule has 2 aliphatic heterocycles. The molecule has 2 heterocycles. The lowest BCUT2D eigenvalue weighted by molar-refractivity contribution is -0.0159. The largest absolute Gasteiger partial charge is 0.374 e. The normalized spacial score (nSPS) is 31.1. The van der Waals surface area contributed by atoms with Gasteiger partial charge in [-0.05, 0) is 25.3 Å². The molecule has 4 nitrogen and oxygen atoms in total. The van der Waals surface area contributed by atoms with Gasteiger partial charge in [0.15, 0.2) is 5.17 Å². The molecular formula is C15H27N3OS. The third-order valence-electron chi connectivity index (χ3n) is 4.81. The van der Waals surface area contributed by atoms with E-state index in [1.54, 1.807) is 0 Å². The van der Waals surface area contributed by atoms with Crippen LogP contribution >= 0.6 is 11.8 Å². The number of thioether (sulfide) groups is 1. The molecule has 0 radical (unpaired) electrons. The van der Waals surface area contributed by atoms with Crippen molar-refractivity contribution in [2.24, 2.45) is 10.4 Å². The molecule has 5 heteroatoms. The number of amidine groups is 1. The summed E-state index contributed by atoms with van der Waals surface area (Å²) in [6, 6.07) is 0. The molecule has 1 saturated carbocycles. The van der Waals surface area contributed by atoms with E-state index in [4.69, 9.17) is 9.73 Å². The van der Waals surface area contributed by atoms with Gasteiger partial charge in [-0.2, -0.15) is 0 Å². The highest BCUT2D eigenvalue weighted by molar-refractivity contribution is 8.13. The fraction of sp³-hybridized carbons (Fsp3) is 0.933. The summed E-state index contributed by atoms with van der Waals surface area (Å²) in [6.07, 6.45) is 7.30. The maximum absolute atomic E-state index is 5.78. The van der Waals surface area contributed by atoms with Gasteiger partial charge in [-0.3, -0.25) is 4.99 Å². The van der Waals surface area contributed by atoms with Crippen molar-refractivity contribution in [3.63, 3.8) is 0 Å². The van der Waals surface area contributed by atoms with Crippen LogP contribution in [0.5, 0.6) is 0 Å². The van der Waals surface area contributed by atoms with Gasteiger partial charge in [0.2, 0.25) is 0 Å². The number of rotatable bonds is 2. The molecule has 0 aromatic carbocycles. The number of morpholine rings is 1. The van der Waals surface area contributed by atoms with Crippen LogP contribution in [0.4, 0.5) is 0 Å². The van der Waals surface area contributed by atoms with Gasteiger partial charge < -0.3 is 15.0 Å². The number of aliphatic imine (C=N–C) groups is 1. The number of ether oxygens (including phenoxy) is 1. The van der Waals surface area contributed by atoms with Gasteiger partial charge in [-0.1, -0.05) is 31.0 Å². The van der Waals surface area contributed by atoms with Crippen LogP contribution in [0, 0.1) is 5.41 Å². The van der Waals surface area contributed by atoms with Crippen LogP contribution in [0.2, 0.25) is 0 Å². The molecule has 0 amide bonds. The summed E-state index contributed by atoms with van der Waals surface area (Å²) in [5.74, 6) is 1.25. The first kappa shape index (κ1) is 14.7. The molecule has 114 valence electrons. The summed E-state index contributed by atoms with van der Waals surface area (Å²) in [7, 11) is 2.16. The number of hydrogen-bond donors (Lipinski definition) is 1. The second-order valence-electron chi connectivity index (χ2n) is 6.61. The average Bonchev–Trinajstić information content (AvgIpc) is 2.48. The number of likely N-dealkylation sites (N-methyl/N-ethyl adjacent to an activating group) is 1. The molecule has 1 N–H and O–H groups in total. The SMILES string of the molecule is CN1CCOC(CNC2=NCC3(CCCCC3)CS2)C1. The third-order valence-corrected chi connectivity index (χ3v) is 6.11. The fourth-order valence-corrected chi connectivity index (χ4v) is 4.62. The first-order valence-electron chi connectivity index (χ1n) is 7.97. The second kappa shape index (κ2) is 6.67. The molecule has 2 fully saturated rings. The van der Waals surface area contributed by atoms with Gasteiger partial charge in [0.1, 0.15) is 0 Å². The van der Waals surface area contributed by atoms with E-state index in [1.807, 2.05) is 11.8 Å². The van der Waals surface area contributed by atoms with Crippen molar-refractivity contribution in [1.82, 2.24) is 10.2 Å². The van der Waals surface area contributed by atoms with Crippen LogP contribution in [0.25, 0.3) is 0 Å². The van der Waals surface area contributed by atoms with Crippen molar-refractivity contribution < 1.29 is 4.74 Å². The Morgan fingerprint density at radius 1 is 1.40 bits per heavy atom. The van der Waals surface area contributed by atoms with Crippen molar-refractivity contribution in [2.45, 2.75) is 38.2 Å². The molecule has 1 saturated heterocycles. The Labute approximate surface area is 126 Å². The van der Waals surface area contributed by atoms with Gasteiger partial charge >= 0.3 is 0 Å². The monoisotopic (exact) mass is 297 g/mol. The van der Waals surface area contributed by atoms with E-state index in [0.29, 0.717) is 11.5 Å². The highest BCUT2D eigenvalue weighted by Crippen LogP contribution is 2.41. The lowest BCUT2D eigenvalue weighted by Crippen LogP contribution is -2.46. The maximum atomic E-state index is 5.78. The molecule has 1 unspecified atom stereocenters. The Bertz CT molecular complexity index is 355. The van der Waals surface area contributed by atoms with Crippen LogP contribution in [0.15, 0.2) is 4.99 Å². The zero-order chi connectivity index (χ0) is 13.8. The lowest BCUT2D eigenvalue weighted by atomic mass is 9.75. The Balaban J connectivity index is 1.45. The van der Waals surface area contributed by atoms with Crippen LogP contribution in [-0.2, 0) is 4.74 Å². The van der Waals surface area contributed by atoms with E-state index in [1.165, 1.54) is 37.9 Å². The van der Waals surface area contributed by atoms with Gasteiger partial charge in [0, 0.05) is 31.9 Å². The Morgan fingerprint density at radius 2 is 2.25 bits per heavy atom. The molecule has 1 atom stereocenters. The summed E-state index contributed by atoms with van der Waals surface area (Å²) in [5, 5.41) is 4.63. The van der Waals surface area contributed by atoms with E-state index in [0.717, 1.165) is 38.0 Å². The predicted octanol–water partition coefficient (Wildman–Crippen LogP) is 1.96. The summed E-state index contributed by atoms with van der Waals surface area (Å²) >= 11 is 1.93. The maximum Gasteiger partial charge on any atom is 0.156 e. The molecule has 0 aromatic heterocycles. The van der Waals surface area contributed by atoms with Crippen molar-refractivity contribution in [1.29, 1.82) is 0 Å². The zero-order valence-electron chi connectivity index (χ0n) is 12.6. The van der Waals surface area contributed by atoms with Crippen molar-refractivity contribution >= 4 is 16.9 Å². The van der Waals surface area contributed by atoms with Crippen LogP contribution in [-0.4, -0.2) is 61.8 Å². The van der Waals surface area contributed by atoms with Crippen molar-refractivity contribution in [3.8, 4) is 0 Å². The number of nitrogens with one attached hydrogen (secondary N) is 1. The topological polar surface area (TPSA) is 36.9 Å². The Hall–Kier alpha value is -0.260. The van der Waals surface area contributed by atoms with Gasteiger partial charge in [0.25, 0.3) is 0 Å². The Morgan fingerprint density at radius 3 is 2.95 bits per heavy atom. The molecule has 1 aliphatic carbocycles. The molecule has 0 aromatic rings. The van der Waals surface area contributed by atoms with Gasteiger partial charge in [-0.25, -0.2) is 0 Å². The third kappa shape index (κ3) is 3.68. The minimum Gasteiger partial charge on any atom is -0.374 e. The second-order valence-corrected chi connectivity index (χ2v) is 7.57. The van der Waals surface area contributed by atoms with Crippen LogP contribution in [0.1, 0.15) is 32.1 Å². The summed E-state index contributed by atoms with van der Waals surface area (Å²) in [6.45, 7) is 4.85. The first-order valence-corrected chi connectivity index (χ1v) is 8.96. The molecule has 1 spiro atoms. The van der Waals surface area contributed by atoms with E-state index in [2.05, 4.69) is 17.3 Å². The highest BCUT2D eigenvalue weighted by atomic mass is 32.2. The smallest absolute Gasteiger partial charge is 0.156 e. The molecule has 0 bridgehead atoms. The van der Waals surface area contributed by atoms with E-state index >= 15 is 0 Å². The van der Waals surface area contributed by atoms with Crippen molar-refractivity contribution in [2.75, 3.05) is 45.6 Å². The number of nitrogens with zero attached hydrogens (tertiary/aromatic N) is 2. The molecular weight excluding hydrogens is 270 g/mol. The Kier molecular flexibility index (Phi) is 4.89. The minimum absolute atomic E-state index is 0.308. The molecule has 3 aliphatic rings. The summed E-state index contributed by atoms with van der Waals surface area (Å²) in [4.78, 5) is 7.15. The van der Waals surface area contributed by atoms with Crippen LogP contribution in [0.3, 0.4) is 0 Å². The zero-order valence-corrected chi connectivity index (χ0v) is 13.4. The van der Waals surface area contributed by atoms with Crippen molar-refractivity contribution in [3.05, 3.63) is 0 Å². The summed E-state index contributed by atoms with van der Waals surface area (Å²) < 4.78 is 5.78. The van der Waals surface area contributed by atoms with Gasteiger partial charge in [-0.15, -0.1) is 0 Å². The van der Waals surface area contributed by atoms with E-state index < -0.39 is 0 Å². The molecule has 3 rings (SSSR count). The standard InChI is InChI=1S/C15H27N3OS/c1-18-7-8-19-13(10-18)9-16-14-17-11-15(12-20-14)5-3-2-4-6-15/h13H,2-12H2,1H3,(H,16,17). The first-order chi connectivity index (χ1) is 9.76. The quantitative estimate of drug-likeness (QED) is 0.845. The fourth-order valence-electron chi connectivity index (χ4n) is 3.45. The van der Waals surface area contributed by atoms with Crippen LogP contribution < -0.4 is 5.32 Å². The summed E-state index contributed by atoms with van der Waals surface area (Å²) in [5.41, 5.74) is 0.523. The number of hydrogen-bond acceptors (Lipinski definition) is 5. The minimum atomic E-state index is 0.308. The van der Waals surface area contributed by atoms with Gasteiger partial charge in [0.05, 0.1) is 12.7 Å². The lowest BCUT2D eigenvalue weighted by Gasteiger charge is -2.38.